The molecule has 1 aromatic carbocycles. The van der Waals surface area contributed by atoms with Crippen molar-refractivity contribution in [2.24, 2.45) is 0 Å². The minimum absolute atomic E-state index is 0.0444. The molecule has 4 nitrogen and oxygen atoms in total. The maximum Gasteiger partial charge on any atom is 0.360 e. The van der Waals surface area contributed by atoms with Gasteiger partial charge in [0.1, 0.15) is 0 Å². The van der Waals surface area contributed by atoms with Crippen molar-refractivity contribution in [1.29, 1.82) is 0 Å². The van der Waals surface area contributed by atoms with Crippen LogP contribution >= 0.6 is 0 Å². The Morgan fingerprint density at radius 2 is 2.00 bits per heavy atom. The van der Waals surface area contributed by atoms with Gasteiger partial charge in [0.05, 0.1) is 11.3 Å². The van der Waals surface area contributed by atoms with E-state index in [0.29, 0.717) is 22.4 Å². The van der Waals surface area contributed by atoms with Crippen LogP contribution in [0.3, 0.4) is 0 Å². The van der Waals surface area contributed by atoms with Crippen LogP contribution < -0.4 is 5.63 Å². The highest BCUT2D eigenvalue weighted by molar-refractivity contribution is 6.00. The summed E-state index contributed by atoms with van der Waals surface area (Å²) in [7, 11) is 0. The van der Waals surface area contributed by atoms with Gasteiger partial charge in [-0.05, 0) is 13.8 Å². The number of hydrogen-bond donors (Lipinski definition) is 1. The van der Waals surface area contributed by atoms with Crippen LogP contribution in [0, 0.1) is 6.92 Å². The maximum absolute atomic E-state index is 11.4. The second kappa shape index (κ2) is 3.81. The summed E-state index contributed by atoms with van der Waals surface area (Å²) in [5, 5.41) is 2.55. The summed E-state index contributed by atoms with van der Waals surface area (Å²) in [5.41, 5.74) is 1.90. The smallest absolute Gasteiger partial charge is 0.338 e. The summed E-state index contributed by atoms with van der Waals surface area (Å²) in [6.07, 6.45) is 0. The SMILES string of the molecule is CC(=O)c1ccccc1-c1[nH]oc(=O)c1C. The summed E-state index contributed by atoms with van der Waals surface area (Å²) in [4.78, 5) is 22.6. The van der Waals surface area contributed by atoms with E-state index >= 15 is 0 Å². The number of rotatable bonds is 2. The normalized spacial score (nSPS) is 10.4. The molecule has 0 aliphatic heterocycles. The van der Waals surface area contributed by atoms with E-state index in [2.05, 4.69) is 5.16 Å². The number of carbonyl (C=O) groups is 1. The molecule has 4 heteroatoms. The van der Waals surface area contributed by atoms with Crippen LogP contribution in [0.25, 0.3) is 11.3 Å². The first-order valence-corrected chi connectivity index (χ1v) is 4.89. The number of H-pyrrole nitrogens is 1. The minimum atomic E-state index is -0.409. The zero-order valence-electron chi connectivity index (χ0n) is 9.03. The molecule has 0 aliphatic rings. The van der Waals surface area contributed by atoms with Crippen LogP contribution in [0.5, 0.6) is 0 Å². The Kier molecular flexibility index (Phi) is 2.48. The van der Waals surface area contributed by atoms with Crippen molar-refractivity contribution in [3.63, 3.8) is 0 Å². The number of aromatic amines is 1. The van der Waals surface area contributed by atoms with Crippen LogP contribution in [0.15, 0.2) is 33.6 Å². The van der Waals surface area contributed by atoms with Crippen molar-refractivity contribution in [2.75, 3.05) is 0 Å². The van der Waals surface area contributed by atoms with Crippen molar-refractivity contribution in [3.8, 4) is 11.3 Å². The van der Waals surface area contributed by atoms with Crippen molar-refractivity contribution < 1.29 is 9.32 Å². The number of carbonyl (C=O) groups excluding carboxylic acids is 1. The van der Waals surface area contributed by atoms with Gasteiger partial charge in [0.15, 0.2) is 5.78 Å². The number of aromatic nitrogens is 1. The molecule has 0 saturated heterocycles. The molecule has 16 heavy (non-hydrogen) atoms. The second-order valence-electron chi connectivity index (χ2n) is 3.59. The zero-order chi connectivity index (χ0) is 11.7. The lowest BCUT2D eigenvalue weighted by molar-refractivity contribution is 0.101. The van der Waals surface area contributed by atoms with Gasteiger partial charge in [-0.25, -0.2) is 9.95 Å². The van der Waals surface area contributed by atoms with E-state index in [1.807, 2.05) is 6.07 Å². The Hall–Kier alpha value is -2.10. The molecule has 0 aliphatic carbocycles. The highest BCUT2D eigenvalue weighted by Crippen LogP contribution is 2.23. The van der Waals surface area contributed by atoms with E-state index in [9.17, 15) is 9.59 Å². The van der Waals surface area contributed by atoms with Crippen LogP contribution in [0.4, 0.5) is 0 Å². The first kappa shape index (κ1) is 10.4. The molecule has 0 amide bonds. The van der Waals surface area contributed by atoms with Gasteiger partial charge in [0, 0.05) is 11.1 Å². The molecular formula is C12H11NO3. The van der Waals surface area contributed by atoms with Gasteiger partial charge in [0.2, 0.25) is 0 Å². The van der Waals surface area contributed by atoms with E-state index in [1.165, 1.54) is 6.92 Å². The van der Waals surface area contributed by atoms with Crippen LogP contribution in [0.2, 0.25) is 0 Å². The van der Waals surface area contributed by atoms with Crippen LogP contribution in [0.1, 0.15) is 22.8 Å². The van der Waals surface area contributed by atoms with Crippen LogP contribution in [-0.2, 0) is 0 Å². The van der Waals surface area contributed by atoms with E-state index < -0.39 is 5.63 Å². The summed E-state index contributed by atoms with van der Waals surface area (Å²) in [6.45, 7) is 3.15. The molecule has 1 heterocycles. The maximum atomic E-state index is 11.4. The third-order valence-electron chi connectivity index (χ3n) is 2.50. The van der Waals surface area contributed by atoms with E-state index in [4.69, 9.17) is 4.52 Å². The molecule has 0 unspecified atom stereocenters. The molecule has 0 radical (unpaired) electrons. The summed E-state index contributed by atoms with van der Waals surface area (Å²) in [6, 6.07) is 7.10. The highest BCUT2D eigenvalue weighted by atomic mass is 16.5. The fourth-order valence-electron chi connectivity index (χ4n) is 1.62. The quantitative estimate of drug-likeness (QED) is 0.784. The lowest BCUT2D eigenvalue weighted by atomic mass is 10.00. The van der Waals surface area contributed by atoms with Gasteiger partial charge in [0.25, 0.3) is 0 Å². The monoisotopic (exact) mass is 217 g/mol. The van der Waals surface area contributed by atoms with Crippen LogP contribution in [-0.4, -0.2) is 10.9 Å². The zero-order valence-corrected chi connectivity index (χ0v) is 9.03. The Bertz CT molecular complexity index is 592. The largest absolute Gasteiger partial charge is 0.360 e. The molecule has 0 bridgehead atoms. The van der Waals surface area contributed by atoms with Crippen molar-refractivity contribution in [2.45, 2.75) is 13.8 Å². The first-order valence-electron chi connectivity index (χ1n) is 4.89. The first-order chi connectivity index (χ1) is 7.61. The lowest BCUT2D eigenvalue weighted by Crippen LogP contribution is -1.99. The Labute approximate surface area is 91.9 Å². The van der Waals surface area contributed by atoms with Crippen molar-refractivity contribution >= 4 is 5.78 Å². The Morgan fingerprint density at radius 3 is 2.56 bits per heavy atom. The van der Waals surface area contributed by atoms with Crippen molar-refractivity contribution in [1.82, 2.24) is 5.16 Å². The third kappa shape index (κ3) is 1.58. The molecule has 82 valence electrons. The highest BCUT2D eigenvalue weighted by Gasteiger charge is 2.14. The molecule has 0 fully saturated rings. The van der Waals surface area contributed by atoms with E-state index in [-0.39, 0.29) is 5.78 Å². The van der Waals surface area contributed by atoms with Gasteiger partial charge < -0.3 is 4.52 Å². The Balaban J connectivity index is 2.69. The molecule has 1 N–H and O–H groups in total. The second-order valence-corrected chi connectivity index (χ2v) is 3.59. The fourth-order valence-corrected chi connectivity index (χ4v) is 1.62. The standard InChI is InChI=1S/C12H11NO3/c1-7-11(13-16-12(7)15)10-6-4-3-5-9(10)8(2)14/h3-6,13H,1-2H3. The lowest BCUT2D eigenvalue weighted by Gasteiger charge is -2.04. The number of Topliss-reactive ketones (excluding diaryl/α,β-unsaturated/α-hetero) is 1. The molecule has 2 rings (SSSR count). The predicted molar refractivity (Wildman–Crippen MR) is 59.5 cm³/mol. The van der Waals surface area contributed by atoms with Gasteiger partial charge in [-0.15, -0.1) is 0 Å². The molecule has 0 spiro atoms. The number of nitrogens with one attached hydrogen (secondary N) is 1. The van der Waals surface area contributed by atoms with Gasteiger partial charge in [-0.2, -0.15) is 0 Å². The minimum Gasteiger partial charge on any atom is -0.338 e. The van der Waals surface area contributed by atoms with E-state index in [1.54, 1.807) is 25.1 Å². The summed E-state index contributed by atoms with van der Waals surface area (Å²) >= 11 is 0. The molecule has 1 aromatic heterocycles. The number of benzene rings is 1. The average Bonchev–Trinajstić information content (AvgIpc) is 2.60. The Morgan fingerprint density at radius 1 is 1.31 bits per heavy atom. The average molecular weight is 217 g/mol. The topological polar surface area (TPSA) is 63.1 Å². The molecule has 0 saturated carbocycles. The fraction of sp³-hybridized carbons (Fsp3) is 0.167. The van der Waals surface area contributed by atoms with E-state index in [0.717, 1.165) is 0 Å². The number of ketones is 1. The predicted octanol–water partition coefficient (Wildman–Crippen LogP) is 2.15. The van der Waals surface area contributed by atoms with Crippen molar-refractivity contribution in [3.05, 3.63) is 45.8 Å². The third-order valence-corrected chi connectivity index (χ3v) is 2.50. The number of hydrogen-bond acceptors (Lipinski definition) is 3. The summed E-state index contributed by atoms with van der Waals surface area (Å²) in [5.74, 6) is -0.0444. The van der Waals surface area contributed by atoms with Gasteiger partial charge in [-0.1, -0.05) is 24.3 Å². The summed E-state index contributed by atoms with van der Waals surface area (Å²) < 4.78 is 4.69. The molecule has 2 aromatic rings. The molecule has 0 atom stereocenters. The molecular weight excluding hydrogens is 206 g/mol. The van der Waals surface area contributed by atoms with Gasteiger partial charge >= 0.3 is 5.63 Å². The van der Waals surface area contributed by atoms with Gasteiger partial charge in [-0.3, -0.25) is 4.79 Å².